The van der Waals surface area contributed by atoms with Gasteiger partial charge >= 0.3 is 0 Å². The van der Waals surface area contributed by atoms with Gasteiger partial charge in [-0.3, -0.25) is 9.59 Å². The van der Waals surface area contributed by atoms with Crippen LogP contribution < -0.4 is 10.6 Å². The lowest BCUT2D eigenvalue weighted by molar-refractivity contribution is -0.116. The van der Waals surface area contributed by atoms with Crippen LogP contribution in [0.2, 0.25) is 0 Å². The normalized spacial score (nSPS) is 11.7. The number of carbonyl (C=O) groups is 2. The van der Waals surface area contributed by atoms with Crippen molar-refractivity contribution in [2.24, 2.45) is 0 Å². The first kappa shape index (κ1) is 22.0. The highest BCUT2D eigenvalue weighted by molar-refractivity contribution is 8.00. The van der Waals surface area contributed by atoms with E-state index in [1.807, 2.05) is 63.2 Å². The number of benzene rings is 2. The molecule has 4 nitrogen and oxygen atoms in total. The molecule has 0 saturated heterocycles. The van der Waals surface area contributed by atoms with E-state index in [2.05, 4.69) is 17.6 Å². The molecule has 0 bridgehead atoms. The maximum Gasteiger partial charge on any atom is 0.237 e. The molecule has 0 aromatic heterocycles. The maximum absolute atomic E-state index is 12.8. The molecule has 2 amide bonds. The molecule has 0 fully saturated rings. The zero-order chi connectivity index (χ0) is 20.5. The molecule has 2 aromatic carbocycles. The smallest absolute Gasteiger partial charge is 0.237 e. The second-order valence-corrected chi connectivity index (χ2v) is 8.23. The fourth-order valence-electron chi connectivity index (χ4n) is 2.91. The van der Waals surface area contributed by atoms with Crippen molar-refractivity contribution in [3.8, 4) is 0 Å². The van der Waals surface area contributed by atoms with Crippen LogP contribution >= 0.6 is 11.8 Å². The Morgan fingerprint density at radius 1 is 1.00 bits per heavy atom. The molecule has 2 rings (SSSR count). The third-order valence-electron chi connectivity index (χ3n) is 4.55. The van der Waals surface area contributed by atoms with E-state index in [-0.39, 0.29) is 17.1 Å². The van der Waals surface area contributed by atoms with Crippen LogP contribution in [0.15, 0.2) is 47.4 Å². The van der Waals surface area contributed by atoms with E-state index in [0.29, 0.717) is 12.8 Å². The summed E-state index contributed by atoms with van der Waals surface area (Å²) in [5.41, 5.74) is 3.79. The second-order valence-electron chi connectivity index (χ2n) is 6.95. The minimum absolute atomic E-state index is 0.00212. The average molecular weight is 399 g/mol. The highest BCUT2D eigenvalue weighted by atomic mass is 32.2. The molecule has 0 heterocycles. The van der Waals surface area contributed by atoms with Gasteiger partial charge in [0.15, 0.2) is 0 Å². The third-order valence-corrected chi connectivity index (χ3v) is 5.90. The van der Waals surface area contributed by atoms with Crippen LogP contribution in [0.4, 0.5) is 11.4 Å². The zero-order valence-corrected chi connectivity index (χ0v) is 18.0. The fraction of sp³-hybridized carbons (Fsp3) is 0.391. The molecule has 2 N–H and O–H groups in total. The molecule has 0 aliphatic carbocycles. The van der Waals surface area contributed by atoms with E-state index in [0.717, 1.165) is 40.2 Å². The molecular weight excluding hydrogens is 368 g/mol. The van der Waals surface area contributed by atoms with Gasteiger partial charge in [-0.2, -0.15) is 0 Å². The fourth-order valence-corrected chi connectivity index (χ4v) is 3.92. The monoisotopic (exact) mass is 398 g/mol. The van der Waals surface area contributed by atoms with Gasteiger partial charge in [0.05, 0.1) is 5.25 Å². The van der Waals surface area contributed by atoms with E-state index < -0.39 is 0 Å². The van der Waals surface area contributed by atoms with Gasteiger partial charge in [-0.1, -0.05) is 44.5 Å². The molecule has 2 aromatic rings. The van der Waals surface area contributed by atoms with Gasteiger partial charge in [0.2, 0.25) is 11.8 Å². The Hall–Kier alpha value is -2.27. The molecular formula is C23H30N2O2S. The van der Waals surface area contributed by atoms with Crippen LogP contribution in [0.5, 0.6) is 0 Å². The standard InChI is InChI=1S/C23H30N2O2S/c1-5-7-14-21(26)24-18-12-9-13-19(15-18)28-20(6-2)23(27)25-22-16(3)10-8-11-17(22)4/h8-13,15,20H,5-7,14H2,1-4H3,(H,24,26)(H,25,27). The predicted molar refractivity (Wildman–Crippen MR) is 119 cm³/mol. The predicted octanol–water partition coefficient (Wildman–Crippen LogP) is 5.94. The first-order valence-electron chi connectivity index (χ1n) is 9.88. The quantitative estimate of drug-likeness (QED) is 0.514. The minimum Gasteiger partial charge on any atom is -0.326 e. The molecule has 150 valence electrons. The van der Waals surface area contributed by atoms with Gasteiger partial charge in [-0.15, -0.1) is 11.8 Å². The summed E-state index contributed by atoms with van der Waals surface area (Å²) >= 11 is 1.52. The first-order valence-corrected chi connectivity index (χ1v) is 10.8. The Kier molecular flexibility index (Phi) is 8.58. The Morgan fingerprint density at radius 2 is 1.68 bits per heavy atom. The molecule has 1 unspecified atom stereocenters. The topological polar surface area (TPSA) is 58.2 Å². The van der Waals surface area contributed by atoms with Crippen LogP contribution in [0.3, 0.4) is 0 Å². The van der Waals surface area contributed by atoms with Crippen molar-refractivity contribution in [1.29, 1.82) is 0 Å². The first-order chi connectivity index (χ1) is 13.4. The largest absolute Gasteiger partial charge is 0.326 e. The summed E-state index contributed by atoms with van der Waals surface area (Å²) in [4.78, 5) is 25.8. The number of anilines is 2. The summed E-state index contributed by atoms with van der Waals surface area (Å²) in [7, 11) is 0. The van der Waals surface area contributed by atoms with Crippen molar-refractivity contribution in [2.75, 3.05) is 10.6 Å². The summed E-state index contributed by atoms with van der Waals surface area (Å²) < 4.78 is 0. The number of hydrogen-bond donors (Lipinski definition) is 2. The molecule has 1 atom stereocenters. The van der Waals surface area contributed by atoms with Crippen molar-refractivity contribution in [1.82, 2.24) is 0 Å². The van der Waals surface area contributed by atoms with E-state index in [9.17, 15) is 9.59 Å². The number of thioether (sulfide) groups is 1. The lowest BCUT2D eigenvalue weighted by Crippen LogP contribution is -2.25. The highest BCUT2D eigenvalue weighted by Crippen LogP contribution is 2.29. The number of para-hydroxylation sites is 1. The zero-order valence-electron chi connectivity index (χ0n) is 17.2. The summed E-state index contributed by atoms with van der Waals surface area (Å²) in [6.45, 7) is 8.08. The molecule has 28 heavy (non-hydrogen) atoms. The van der Waals surface area contributed by atoms with Crippen molar-refractivity contribution < 1.29 is 9.59 Å². The Labute approximate surface area is 172 Å². The number of amides is 2. The molecule has 5 heteroatoms. The number of rotatable bonds is 9. The van der Waals surface area contributed by atoms with Crippen LogP contribution in [-0.4, -0.2) is 17.1 Å². The van der Waals surface area contributed by atoms with E-state index in [1.165, 1.54) is 11.8 Å². The van der Waals surface area contributed by atoms with Gasteiger partial charge in [0, 0.05) is 22.7 Å². The lowest BCUT2D eigenvalue weighted by Gasteiger charge is -2.17. The van der Waals surface area contributed by atoms with Crippen LogP contribution in [0.1, 0.15) is 50.7 Å². The van der Waals surface area contributed by atoms with Crippen molar-refractivity contribution in [3.05, 3.63) is 53.6 Å². The van der Waals surface area contributed by atoms with Gasteiger partial charge in [-0.25, -0.2) is 0 Å². The summed E-state index contributed by atoms with van der Waals surface area (Å²) in [6, 6.07) is 13.7. The van der Waals surface area contributed by atoms with Gasteiger partial charge < -0.3 is 10.6 Å². The van der Waals surface area contributed by atoms with E-state index in [4.69, 9.17) is 0 Å². The van der Waals surface area contributed by atoms with Crippen molar-refractivity contribution >= 4 is 35.0 Å². The number of carbonyl (C=O) groups excluding carboxylic acids is 2. The second kappa shape index (κ2) is 10.9. The molecule has 0 spiro atoms. The Balaban J connectivity index is 2.04. The summed E-state index contributed by atoms with van der Waals surface area (Å²) in [5.74, 6) is 0.0334. The highest BCUT2D eigenvalue weighted by Gasteiger charge is 2.19. The lowest BCUT2D eigenvalue weighted by atomic mass is 10.1. The van der Waals surface area contributed by atoms with Gasteiger partial charge in [0.1, 0.15) is 0 Å². The number of hydrogen-bond acceptors (Lipinski definition) is 3. The minimum atomic E-state index is -0.204. The molecule has 0 saturated carbocycles. The Morgan fingerprint density at radius 3 is 2.32 bits per heavy atom. The number of nitrogens with one attached hydrogen (secondary N) is 2. The number of unbranched alkanes of at least 4 members (excludes halogenated alkanes) is 1. The molecule has 0 radical (unpaired) electrons. The van der Waals surface area contributed by atoms with Gasteiger partial charge in [-0.05, 0) is 56.0 Å². The summed E-state index contributed by atoms with van der Waals surface area (Å²) in [6.07, 6.45) is 3.13. The summed E-state index contributed by atoms with van der Waals surface area (Å²) in [5, 5.41) is 5.83. The van der Waals surface area contributed by atoms with Crippen LogP contribution in [0.25, 0.3) is 0 Å². The SMILES string of the molecule is CCCCC(=O)Nc1cccc(SC(CC)C(=O)Nc2c(C)cccc2C)c1. The molecule has 0 aliphatic heterocycles. The third kappa shape index (κ3) is 6.41. The van der Waals surface area contributed by atoms with Gasteiger partial charge in [0.25, 0.3) is 0 Å². The maximum atomic E-state index is 12.8. The van der Waals surface area contributed by atoms with E-state index in [1.54, 1.807) is 0 Å². The van der Waals surface area contributed by atoms with Crippen LogP contribution in [0, 0.1) is 13.8 Å². The number of aryl methyl sites for hydroxylation is 2. The van der Waals surface area contributed by atoms with Crippen LogP contribution in [-0.2, 0) is 9.59 Å². The Bertz CT molecular complexity index is 800. The molecule has 0 aliphatic rings. The van der Waals surface area contributed by atoms with Crippen molar-refractivity contribution in [3.63, 3.8) is 0 Å². The average Bonchev–Trinajstić information content (AvgIpc) is 2.67. The van der Waals surface area contributed by atoms with Crippen molar-refractivity contribution in [2.45, 2.75) is 63.5 Å². The van der Waals surface area contributed by atoms with E-state index >= 15 is 0 Å².